The molecular weight excluding hydrogens is 334 g/mol. The van der Waals surface area contributed by atoms with Gasteiger partial charge in [0.25, 0.3) is 11.8 Å². The highest BCUT2D eigenvalue weighted by Crippen LogP contribution is 2.33. The van der Waals surface area contributed by atoms with E-state index in [1.807, 2.05) is 11.8 Å². The van der Waals surface area contributed by atoms with Gasteiger partial charge in [0.2, 0.25) is 5.91 Å². The molecule has 0 aliphatic carbocycles. The number of fused-ring (bicyclic) bond motifs is 1. The van der Waals surface area contributed by atoms with Crippen LogP contribution in [0.5, 0.6) is 5.75 Å². The van der Waals surface area contributed by atoms with Crippen molar-refractivity contribution in [1.29, 1.82) is 0 Å². The lowest BCUT2D eigenvalue weighted by Gasteiger charge is -2.30. The van der Waals surface area contributed by atoms with E-state index in [9.17, 15) is 14.4 Å². The summed E-state index contributed by atoms with van der Waals surface area (Å²) in [5, 5.41) is 2.77. The number of nitrogens with one attached hydrogen (secondary N) is 1. The molecule has 0 spiro atoms. The smallest absolute Gasteiger partial charge is 0.265 e. The van der Waals surface area contributed by atoms with Gasteiger partial charge in [-0.1, -0.05) is 6.92 Å². The second-order valence-electron chi connectivity index (χ2n) is 6.65. The van der Waals surface area contributed by atoms with E-state index in [4.69, 9.17) is 4.74 Å². The van der Waals surface area contributed by atoms with Crippen molar-refractivity contribution in [2.75, 3.05) is 37.7 Å². The maximum Gasteiger partial charge on any atom is 0.265 e. The molecule has 0 bridgehead atoms. The van der Waals surface area contributed by atoms with Gasteiger partial charge in [0.15, 0.2) is 6.61 Å². The van der Waals surface area contributed by atoms with Crippen LogP contribution < -0.4 is 15.0 Å². The van der Waals surface area contributed by atoms with Gasteiger partial charge in [0.1, 0.15) is 12.3 Å². The zero-order chi connectivity index (χ0) is 18.5. The molecule has 0 atom stereocenters. The molecule has 1 aromatic carbocycles. The maximum absolute atomic E-state index is 12.7. The monoisotopic (exact) mass is 359 g/mol. The Morgan fingerprint density at radius 1 is 1.19 bits per heavy atom. The molecule has 1 saturated heterocycles. The summed E-state index contributed by atoms with van der Waals surface area (Å²) in [7, 11) is 0. The summed E-state index contributed by atoms with van der Waals surface area (Å²) in [5.74, 6) is -0.0310. The molecular formula is C19H25N3O4. The highest BCUT2D eigenvalue weighted by atomic mass is 16.5. The van der Waals surface area contributed by atoms with E-state index in [0.717, 1.165) is 38.8 Å². The molecule has 0 saturated carbocycles. The van der Waals surface area contributed by atoms with Crippen LogP contribution in [0.3, 0.4) is 0 Å². The summed E-state index contributed by atoms with van der Waals surface area (Å²) in [6.45, 7) is 3.87. The van der Waals surface area contributed by atoms with Crippen LogP contribution in [0.4, 0.5) is 5.69 Å². The van der Waals surface area contributed by atoms with Gasteiger partial charge < -0.3 is 15.0 Å². The van der Waals surface area contributed by atoms with Crippen molar-refractivity contribution in [2.24, 2.45) is 0 Å². The molecule has 0 unspecified atom stereocenters. The highest BCUT2D eigenvalue weighted by Gasteiger charge is 2.29. The predicted molar refractivity (Wildman–Crippen MR) is 97.3 cm³/mol. The Kier molecular flexibility index (Phi) is 5.75. The van der Waals surface area contributed by atoms with Gasteiger partial charge in [-0.3, -0.25) is 19.3 Å². The number of carbonyl (C=O) groups excluding carboxylic acids is 3. The third-order valence-corrected chi connectivity index (χ3v) is 4.67. The number of benzene rings is 1. The zero-order valence-corrected chi connectivity index (χ0v) is 15.1. The van der Waals surface area contributed by atoms with Crippen molar-refractivity contribution >= 4 is 23.4 Å². The quantitative estimate of drug-likeness (QED) is 0.865. The first-order chi connectivity index (χ1) is 12.6. The molecule has 0 aromatic heterocycles. The zero-order valence-electron chi connectivity index (χ0n) is 15.1. The Labute approximate surface area is 153 Å². The van der Waals surface area contributed by atoms with Gasteiger partial charge >= 0.3 is 0 Å². The molecule has 7 heteroatoms. The van der Waals surface area contributed by atoms with Crippen LogP contribution in [0, 0.1) is 0 Å². The van der Waals surface area contributed by atoms with Crippen LogP contribution in [-0.2, 0) is 9.59 Å². The average molecular weight is 359 g/mol. The van der Waals surface area contributed by atoms with E-state index in [0.29, 0.717) is 23.5 Å². The Morgan fingerprint density at radius 3 is 2.69 bits per heavy atom. The average Bonchev–Trinajstić information content (AvgIpc) is 2.68. The number of hydrogen-bond donors (Lipinski definition) is 1. The van der Waals surface area contributed by atoms with Crippen LogP contribution in [0.15, 0.2) is 18.2 Å². The summed E-state index contributed by atoms with van der Waals surface area (Å²) >= 11 is 0. The molecule has 140 valence electrons. The van der Waals surface area contributed by atoms with Crippen molar-refractivity contribution in [2.45, 2.75) is 32.6 Å². The predicted octanol–water partition coefficient (Wildman–Crippen LogP) is 1.56. The summed E-state index contributed by atoms with van der Waals surface area (Å²) in [5.41, 5.74) is 0.999. The second-order valence-corrected chi connectivity index (χ2v) is 6.65. The number of anilines is 1. The largest absolute Gasteiger partial charge is 0.482 e. The molecule has 1 N–H and O–H groups in total. The van der Waals surface area contributed by atoms with Crippen LogP contribution >= 0.6 is 0 Å². The lowest BCUT2D eigenvalue weighted by Crippen LogP contribution is -2.45. The summed E-state index contributed by atoms with van der Waals surface area (Å²) in [6.07, 6.45) is 4.01. The van der Waals surface area contributed by atoms with Gasteiger partial charge in [-0.15, -0.1) is 0 Å². The molecule has 3 amide bonds. The lowest BCUT2D eigenvalue weighted by molar-refractivity contribution is -0.125. The number of carbonyl (C=O) groups is 3. The van der Waals surface area contributed by atoms with E-state index in [-0.39, 0.29) is 30.9 Å². The third-order valence-electron chi connectivity index (χ3n) is 4.67. The standard InChI is InChI=1S/C19H25N3O4/c1-2-8-20-17(23)12-22-15-11-14(6-7-16(15)26-13-18(22)24)19(25)21-9-4-3-5-10-21/h6-7,11H,2-5,8-10,12-13H2,1H3,(H,20,23). The van der Waals surface area contributed by atoms with Gasteiger partial charge in [0.05, 0.1) is 5.69 Å². The van der Waals surface area contributed by atoms with Gasteiger partial charge in [-0.2, -0.15) is 0 Å². The minimum absolute atomic E-state index is 0.0408. The van der Waals surface area contributed by atoms with Crippen LogP contribution in [0.1, 0.15) is 43.0 Å². The normalized spacial score (nSPS) is 16.7. The van der Waals surface area contributed by atoms with Crippen molar-refractivity contribution in [3.63, 3.8) is 0 Å². The summed E-state index contributed by atoms with van der Waals surface area (Å²) in [4.78, 5) is 40.3. The fraction of sp³-hybridized carbons (Fsp3) is 0.526. The van der Waals surface area contributed by atoms with Crippen LogP contribution in [0.25, 0.3) is 0 Å². The fourth-order valence-electron chi connectivity index (χ4n) is 3.25. The molecule has 26 heavy (non-hydrogen) atoms. The van der Waals surface area contributed by atoms with E-state index in [2.05, 4.69) is 5.32 Å². The topological polar surface area (TPSA) is 79.0 Å². The molecule has 3 rings (SSSR count). The Bertz CT molecular complexity index is 698. The van der Waals surface area contributed by atoms with Crippen molar-refractivity contribution in [1.82, 2.24) is 10.2 Å². The number of likely N-dealkylation sites (tertiary alicyclic amines) is 1. The number of ether oxygens (including phenoxy) is 1. The summed E-state index contributed by atoms with van der Waals surface area (Å²) in [6, 6.07) is 5.09. The minimum Gasteiger partial charge on any atom is -0.482 e. The number of hydrogen-bond acceptors (Lipinski definition) is 4. The Hall–Kier alpha value is -2.57. The van der Waals surface area contributed by atoms with Crippen LogP contribution in [-0.4, -0.2) is 55.4 Å². The van der Waals surface area contributed by atoms with E-state index >= 15 is 0 Å². The maximum atomic E-state index is 12.7. The number of amides is 3. The SMILES string of the molecule is CCCNC(=O)CN1C(=O)COc2ccc(C(=O)N3CCCCC3)cc21. The Morgan fingerprint density at radius 2 is 1.96 bits per heavy atom. The highest BCUT2D eigenvalue weighted by molar-refractivity contribution is 6.04. The molecule has 0 radical (unpaired) electrons. The third kappa shape index (κ3) is 3.98. The van der Waals surface area contributed by atoms with Crippen molar-refractivity contribution < 1.29 is 19.1 Å². The fourth-order valence-corrected chi connectivity index (χ4v) is 3.25. The molecule has 2 heterocycles. The summed E-state index contributed by atoms with van der Waals surface area (Å²) < 4.78 is 5.46. The van der Waals surface area contributed by atoms with Crippen molar-refractivity contribution in [3.05, 3.63) is 23.8 Å². The van der Waals surface area contributed by atoms with Crippen LogP contribution in [0.2, 0.25) is 0 Å². The van der Waals surface area contributed by atoms with Gasteiger partial charge in [-0.25, -0.2) is 0 Å². The number of rotatable bonds is 5. The molecule has 2 aliphatic heterocycles. The van der Waals surface area contributed by atoms with Gasteiger partial charge in [-0.05, 0) is 43.9 Å². The van der Waals surface area contributed by atoms with E-state index < -0.39 is 0 Å². The van der Waals surface area contributed by atoms with Gasteiger partial charge in [0, 0.05) is 25.2 Å². The first kappa shape index (κ1) is 18.2. The molecule has 1 fully saturated rings. The minimum atomic E-state index is -0.285. The molecule has 1 aromatic rings. The van der Waals surface area contributed by atoms with Crippen molar-refractivity contribution in [3.8, 4) is 5.75 Å². The second kappa shape index (κ2) is 8.21. The number of nitrogens with zero attached hydrogens (tertiary/aromatic N) is 2. The molecule has 7 nitrogen and oxygen atoms in total. The first-order valence-corrected chi connectivity index (χ1v) is 9.23. The number of piperidine rings is 1. The molecule has 2 aliphatic rings. The lowest BCUT2D eigenvalue weighted by atomic mass is 10.1. The Balaban J connectivity index is 1.81. The first-order valence-electron chi connectivity index (χ1n) is 9.23. The van der Waals surface area contributed by atoms with E-state index in [1.165, 1.54) is 4.90 Å². The van der Waals surface area contributed by atoms with E-state index in [1.54, 1.807) is 18.2 Å².